The van der Waals surface area contributed by atoms with Crippen molar-refractivity contribution in [3.05, 3.63) is 53.3 Å². The van der Waals surface area contributed by atoms with Gasteiger partial charge in [0.1, 0.15) is 5.75 Å². The fourth-order valence-electron chi connectivity index (χ4n) is 2.67. The molecule has 0 amide bonds. The van der Waals surface area contributed by atoms with Gasteiger partial charge in [-0.1, -0.05) is 6.07 Å². The van der Waals surface area contributed by atoms with E-state index in [0.717, 1.165) is 24.3 Å². The van der Waals surface area contributed by atoms with E-state index in [1.807, 2.05) is 18.3 Å². The van der Waals surface area contributed by atoms with Crippen LogP contribution in [0.15, 0.2) is 36.5 Å². The van der Waals surface area contributed by atoms with E-state index in [1.165, 1.54) is 16.8 Å². The minimum Gasteiger partial charge on any atom is -0.497 e. The molecule has 0 fully saturated rings. The fourth-order valence-corrected chi connectivity index (χ4v) is 2.67. The van der Waals surface area contributed by atoms with Gasteiger partial charge in [0.2, 0.25) is 0 Å². The van der Waals surface area contributed by atoms with E-state index in [-0.39, 0.29) is 0 Å². The van der Waals surface area contributed by atoms with Crippen LogP contribution in [0.1, 0.15) is 29.3 Å². The lowest BCUT2D eigenvalue weighted by atomic mass is 10.1. The predicted molar refractivity (Wildman–Crippen MR) is 76.7 cm³/mol. The van der Waals surface area contributed by atoms with Crippen molar-refractivity contribution in [2.75, 3.05) is 12.4 Å². The molecule has 0 spiro atoms. The molecule has 1 N–H and O–H groups in total. The highest BCUT2D eigenvalue weighted by atomic mass is 16.5. The molecule has 1 heterocycles. The normalized spacial score (nSPS) is 17.1. The Morgan fingerprint density at radius 2 is 2.21 bits per heavy atom. The first-order valence-corrected chi connectivity index (χ1v) is 6.63. The zero-order valence-electron chi connectivity index (χ0n) is 11.3. The summed E-state index contributed by atoms with van der Waals surface area (Å²) in [4.78, 5) is 4.51. The number of nitrogens with one attached hydrogen (secondary N) is 1. The van der Waals surface area contributed by atoms with Crippen molar-refractivity contribution < 1.29 is 4.74 Å². The van der Waals surface area contributed by atoms with Crippen molar-refractivity contribution in [3.8, 4) is 5.75 Å². The molecule has 3 rings (SSSR count). The number of ether oxygens (including phenoxy) is 1. The van der Waals surface area contributed by atoms with Crippen molar-refractivity contribution in [1.82, 2.24) is 4.98 Å². The molecule has 1 aliphatic carbocycles. The van der Waals surface area contributed by atoms with Crippen LogP contribution in [0.25, 0.3) is 0 Å². The van der Waals surface area contributed by atoms with Crippen LogP contribution in [0, 0.1) is 6.92 Å². The average Bonchev–Trinajstić information content (AvgIpc) is 2.84. The van der Waals surface area contributed by atoms with Crippen LogP contribution in [-0.2, 0) is 6.42 Å². The van der Waals surface area contributed by atoms with E-state index >= 15 is 0 Å². The molecule has 0 bridgehead atoms. The first-order valence-electron chi connectivity index (χ1n) is 6.63. The number of hydrogen-bond acceptors (Lipinski definition) is 3. The molecule has 2 aromatic rings. The zero-order valence-corrected chi connectivity index (χ0v) is 11.3. The summed E-state index contributed by atoms with van der Waals surface area (Å²) >= 11 is 0. The maximum Gasteiger partial charge on any atom is 0.119 e. The Hall–Kier alpha value is -2.03. The minimum atomic E-state index is 0.322. The topological polar surface area (TPSA) is 34.1 Å². The summed E-state index contributed by atoms with van der Waals surface area (Å²) in [6.45, 7) is 2.10. The lowest BCUT2D eigenvalue weighted by Crippen LogP contribution is -2.09. The number of nitrogens with zero attached hydrogens (tertiary/aromatic N) is 1. The van der Waals surface area contributed by atoms with Gasteiger partial charge in [-0.25, -0.2) is 0 Å². The monoisotopic (exact) mass is 254 g/mol. The molecular weight excluding hydrogens is 236 g/mol. The summed E-state index contributed by atoms with van der Waals surface area (Å²) in [7, 11) is 1.69. The van der Waals surface area contributed by atoms with Gasteiger partial charge in [-0.05, 0) is 55.2 Å². The Balaban J connectivity index is 1.83. The summed E-state index contributed by atoms with van der Waals surface area (Å²) in [5.74, 6) is 0.896. The second kappa shape index (κ2) is 4.92. The molecular formula is C16H18N2O. The molecule has 0 saturated carbocycles. The van der Waals surface area contributed by atoms with E-state index in [0.29, 0.717) is 6.04 Å². The van der Waals surface area contributed by atoms with Crippen LogP contribution >= 0.6 is 0 Å². The van der Waals surface area contributed by atoms with Gasteiger partial charge in [0.25, 0.3) is 0 Å². The largest absolute Gasteiger partial charge is 0.497 e. The number of aromatic nitrogens is 1. The Morgan fingerprint density at radius 3 is 3.00 bits per heavy atom. The van der Waals surface area contributed by atoms with Gasteiger partial charge in [0, 0.05) is 11.9 Å². The van der Waals surface area contributed by atoms with Crippen LogP contribution < -0.4 is 10.1 Å². The molecule has 3 nitrogen and oxygen atoms in total. The minimum absolute atomic E-state index is 0.322. The van der Waals surface area contributed by atoms with E-state index in [1.54, 1.807) is 7.11 Å². The highest BCUT2D eigenvalue weighted by molar-refractivity contribution is 5.55. The number of pyridine rings is 1. The Bertz CT molecular complexity index is 595. The van der Waals surface area contributed by atoms with E-state index < -0.39 is 0 Å². The molecule has 1 atom stereocenters. The third-order valence-corrected chi connectivity index (χ3v) is 3.72. The van der Waals surface area contributed by atoms with Crippen LogP contribution in [0.5, 0.6) is 5.75 Å². The number of benzene rings is 1. The Morgan fingerprint density at radius 1 is 1.32 bits per heavy atom. The van der Waals surface area contributed by atoms with Gasteiger partial charge >= 0.3 is 0 Å². The van der Waals surface area contributed by atoms with Gasteiger partial charge in [0.05, 0.1) is 18.8 Å². The van der Waals surface area contributed by atoms with Crippen LogP contribution in [-0.4, -0.2) is 12.1 Å². The third-order valence-electron chi connectivity index (χ3n) is 3.72. The fraction of sp³-hybridized carbons (Fsp3) is 0.312. The molecule has 19 heavy (non-hydrogen) atoms. The first-order chi connectivity index (χ1) is 9.28. The second-order valence-corrected chi connectivity index (χ2v) is 4.96. The number of aryl methyl sites for hydroxylation is 2. The van der Waals surface area contributed by atoms with Crippen LogP contribution in [0.2, 0.25) is 0 Å². The molecule has 3 heteroatoms. The van der Waals surface area contributed by atoms with Gasteiger partial charge in [-0.3, -0.25) is 4.98 Å². The first kappa shape index (κ1) is 12.0. The summed E-state index contributed by atoms with van der Waals surface area (Å²) in [6, 6.07) is 10.6. The van der Waals surface area contributed by atoms with Gasteiger partial charge in [-0.2, -0.15) is 0 Å². The highest BCUT2D eigenvalue weighted by Crippen LogP contribution is 2.33. The predicted octanol–water partition coefficient (Wildman–Crippen LogP) is 3.50. The SMILES string of the molecule is COc1ccc(NC2CCc3cccnc32)c(C)c1. The van der Waals surface area contributed by atoms with Crippen LogP contribution in [0.4, 0.5) is 5.69 Å². The standard InChI is InChI=1S/C16H18N2O/c1-11-10-13(19-2)6-8-14(11)18-15-7-5-12-4-3-9-17-16(12)15/h3-4,6,8-10,15,18H,5,7H2,1-2H3. The molecule has 1 aromatic heterocycles. The van der Waals surface area contributed by atoms with Crippen molar-refractivity contribution in [3.63, 3.8) is 0 Å². The lowest BCUT2D eigenvalue weighted by molar-refractivity contribution is 0.414. The Kier molecular flexibility index (Phi) is 3.11. The maximum atomic E-state index is 5.24. The molecule has 0 radical (unpaired) electrons. The van der Waals surface area contributed by atoms with Gasteiger partial charge in [-0.15, -0.1) is 0 Å². The maximum absolute atomic E-state index is 5.24. The lowest BCUT2D eigenvalue weighted by Gasteiger charge is -2.17. The van der Waals surface area contributed by atoms with E-state index in [4.69, 9.17) is 4.74 Å². The number of hydrogen-bond donors (Lipinski definition) is 1. The van der Waals surface area contributed by atoms with Crippen molar-refractivity contribution in [2.45, 2.75) is 25.8 Å². The van der Waals surface area contributed by atoms with Gasteiger partial charge in [0.15, 0.2) is 0 Å². The molecule has 1 aromatic carbocycles. The second-order valence-electron chi connectivity index (χ2n) is 4.96. The van der Waals surface area contributed by atoms with E-state index in [2.05, 4.69) is 35.4 Å². The number of anilines is 1. The molecule has 0 saturated heterocycles. The number of methoxy groups -OCH3 is 1. The van der Waals surface area contributed by atoms with E-state index in [9.17, 15) is 0 Å². The Labute approximate surface area is 113 Å². The molecule has 1 unspecified atom stereocenters. The van der Waals surface area contributed by atoms with Crippen molar-refractivity contribution in [2.24, 2.45) is 0 Å². The quantitative estimate of drug-likeness (QED) is 0.910. The average molecular weight is 254 g/mol. The molecule has 1 aliphatic rings. The molecule has 0 aliphatic heterocycles. The third kappa shape index (κ3) is 2.28. The van der Waals surface area contributed by atoms with Crippen LogP contribution in [0.3, 0.4) is 0 Å². The smallest absolute Gasteiger partial charge is 0.119 e. The van der Waals surface area contributed by atoms with Crippen molar-refractivity contribution in [1.29, 1.82) is 0 Å². The summed E-state index contributed by atoms with van der Waals surface area (Å²) in [5.41, 5.74) is 4.91. The summed E-state index contributed by atoms with van der Waals surface area (Å²) < 4.78 is 5.24. The van der Waals surface area contributed by atoms with Gasteiger partial charge < -0.3 is 10.1 Å². The molecule has 98 valence electrons. The highest BCUT2D eigenvalue weighted by Gasteiger charge is 2.23. The number of fused-ring (bicyclic) bond motifs is 1. The number of rotatable bonds is 3. The zero-order chi connectivity index (χ0) is 13.2. The van der Waals surface area contributed by atoms with Crippen molar-refractivity contribution >= 4 is 5.69 Å². The summed E-state index contributed by atoms with van der Waals surface area (Å²) in [6.07, 6.45) is 4.09. The summed E-state index contributed by atoms with van der Waals surface area (Å²) in [5, 5.41) is 3.60.